The molecule has 0 radical (unpaired) electrons. The highest BCUT2D eigenvalue weighted by molar-refractivity contribution is 6.46. The normalized spacial score (nSPS) is 17.1. The third-order valence-electron chi connectivity index (χ3n) is 5.50. The molecule has 0 spiro atoms. The minimum atomic E-state index is -0.897. The summed E-state index contributed by atoms with van der Waals surface area (Å²) in [5.74, 6) is -1.38. The molecular weight excluding hydrogens is 452 g/mol. The van der Waals surface area contributed by atoms with Gasteiger partial charge in [-0.15, -0.1) is 0 Å². The van der Waals surface area contributed by atoms with Crippen LogP contribution in [0.3, 0.4) is 0 Å². The topological polar surface area (TPSA) is 106 Å². The number of hydrogen-bond donors (Lipinski definition) is 1. The van der Waals surface area contributed by atoms with Crippen molar-refractivity contribution in [1.82, 2.24) is 9.80 Å². The monoisotopic (exact) mass is 482 g/mol. The number of rotatable bonds is 9. The van der Waals surface area contributed by atoms with E-state index in [0.29, 0.717) is 35.8 Å². The van der Waals surface area contributed by atoms with Gasteiger partial charge in [-0.25, -0.2) is 0 Å². The molecule has 1 saturated heterocycles. The second-order valence-electron chi connectivity index (χ2n) is 8.26. The first-order valence-corrected chi connectivity index (χ1v) is 11.2. The van der Waals surface area contributed by atoms with Gasteiger partial charge < -0.3 is 29.1 Å². The van der Waals surface area contributed by atoms with Crippen LogP contribution in [0.15, 0.2) is 48.0 Å². The number of carbonyl (C=O) groups excluding carboxylic acids is 3. The van der Waals surface area contributed by atoms with Crippen LogP contribution in [0.2, 0.25) is 0 Å². The fourth-order valence-corrected chi connectivity index (χ4v) is 3.92. The van der Waals surface area contributed by atoms with Crippen LogP contribution in [0.4, 0.5) is 0 Å². The van der Waals surface area contributed by atoms with Crippen LogP contribution in [0.5, 0.6) is 17.2 Å². The van der Waals surface area contributed by atoms with Crippen molar-refractivity contribution in [3.63, 3.8) is 0 Å². The number of aliphatic hydroxyl groups is 1. The number of ether oxygens (including phenoxy) is 3. The molecule has 9 nitrogen and oxygen atoms in total. The molecule has 1 N–H and O–H groups in total. The van der Waals surface area contributed by atoms with Gasteiger partial charge >= 0.3 is 5.97 Å². The van der Waals surface area contributed by atoms with E-state index in [9.17, 15) is 19.5 Å². The average Bonchev–Trinajstić information content (AvgIpc) is 3.07. The molecule has 1 amide bonds. The van der Waals surface area contributed by atoms with E-state index in [-0.39, 0.29) is 23.6 Å². The van der Waals surface area contributed by atoms with Gasteiger partial charge in [-0.2, -0.15) is 0 Å². The highest BCUT2D eigenvalue weighted by Crippen LogP contribution is 2.42. The predicted molar refractivity (Wildman–Crippen MR) is 129 cm³/mol. The van der Waals surface area contributed by atoms with Crippen LogP contribution < -0.4 is 14.2 Å². The van der Waals surface area contributed by atoms with Crippen LogP contribution in [0.1, 0.15) is 31.0 Å². The molecule has 1 heterocycles. The van der Waals surface area contributed by atoms with Crippen LogP contribution in [-0.2, 0) is 14.4 Å². The van der Waals surface area contributed by atoms with Crippen molar-refractivity contribution >= 4 is 23.4 Å². The molecule has 1 aliphatic heterocycles. The predicted octanol–water partition coefficient (Wildman–Crippen LogP) is 3.00. The van der Waals surface area contributed by atoms with Crippen molar-refractivity contribution < 1.29 is 33.7 Å². The van der Waals surface area contributed by atoms with Gasteiger partial charge in [0.1, 0.15) is 11.5 Å². The molecule has 1 atom stereocenters. The Morgan fingerprint density at radius 3 is 2.49 bits per heavy atom. The second kappa shape index (κ2) is 11.1. The molecule has 186 valence electrons. The van der Waals surface area contributed by atoms with E-state index in [1.165, 1.54) is 18.9 Å². The number of likely N-dealkylation sites (N-methyl/N-ethyl adjacent to an activating group) is 1. The Labute approximate surface area is 204 Å². The Morgan fingerprint density at radius 1 is 1.11 bits per heavy atom. The Hall–Kier alpha value is -3.85. The summed E-state index contributed by atoms with van der Waals surface area (Å²) in [7, 11) is 5.16. The number of likely N-dealkylation sites (tertiary alicyclic amines) is 1. The number of amides is 1. The van der Waals surface area contributed by atoms with Crippen molar-refractivity contribution in [3.05, 3.63) is 59.2 Å². The van der Waals surface area contributed by atoms with Gasteiger partial charge in [-0.1, -0.05) is 18.2 Å². The van der Waals surface area contributed by atoms with Gasteiger partial charge in [0.15, 0.2) is 11.5 Å². The van der Waals surface area contributed by atoms with E-state index in [1.807, 2.05) is 25.9 Å². The molecule has 2 aromatic rings. The first kappa shape index (κ1) is 25.8. The van der Waals surface area contributed by atoms with Gasteiger partial charge in [0.2, 0.25) is 0 Å². The van der Waals surface area contributed by atoms with E-state index in [0.717, 1.165) is 0 Å². The summed E-state index contributed by atoms with van der Waals surface area (Å²) in [6, 6.07) is 10.6. The average molecular weight is 483 g/mol. The molecule has 0 bridgehead atoms. The summed E-state index contributed by atoms with van der Waals surface area (Å²) >= 11 is 0. The number of ketones is 1. The summed E-state index contributed by atoms with van der Waals surface area (Å²) in [6.45, 7) is 4.28. The molecule has 0 saturated carbocycles. The van der Waals surface area contributed by atoms with Crippen molar-refractivity contribution in [2.24, 2.45) is 0 Å². The van der Waals surface area contributed by atoms with Gasteiger partial charge in [-0.05, 0) is 50.8 Å². The van der Waals surface area contributed by atoms with Crippen LogP contribution in [0, 0.1) is 0 Å². The zero-order valence-electron chi connectivity index (χ0n) is 20.5. The first-order chi connectivity index (χ1) is 16.7. The second-order valence-corrected chi connectivity index (χ2v) is 8.26. The molecule has 3 rings (SSSR count). The number of hydrogen-bond acceptors (Lipinski definition) is 8. The van der Waals surface area contributed by atoms with E-state index in [4.69, 9.17) is 14.2 Å². The number of nitrogens with zero attached hydrogens (tertiary/aromatic N) is 2. The van der Waals surface area contributed by atoms with Crippen molar-refractivity contribution in [1.29, 1.82) is 0 Å². The quantitative estimate of drug-likeness (QED) is 0.191. The van der Waals surface area contributed by atoms with Crippen molar-refractivity contribution in [2.45, 2.75) is 19.9 Å². The van der Waals surface area contributed by atoms with Crippen LogP contribution in [-0.4, -0.2) is 73.5 Å². The minimum Gasteiger partial charge on any atom is -0.507 e. The van der Waals surface area contributed by atoms with E-state index < -0.39 is 23.7 Å². The highest BCUT2D eigenvalue weighted by atomic mass is 16.6. The molecule has 0 aromatic heterocycles. The number of aliphatic hydroxyl groups excluding tert-OH is 1. The number of carbonyl (C=O) groups is 3. The number of esters is 1. The largest absolute Gasteiger partial charge is 0.507 e. The van der Waals surface area contributed by atoms with E-state index in [2.05, 4.69) is 0 Å². The lowest BCUT2D eigenvalue weighted by molar-refractivity contribution is -0.140. The molecular formula is C26H30N2O7. The van der Waals surface area contributed by atoms with Gasteiger partial charge in [-0.3, -0.25) is 14.4 Å². The minimum absolute atomic E-state index is 0.0543. The standard InChI is InChI=1S/C26H30N2O7/c1-6-34-19-9-7-8-18(14-19)24(30)22-23(28(13-12-27(3)4)26(32)25(22)31)17-10-11-20(33-5)21(15-17)35-16(2)29/h7-11,14-15,23,30H,6,12-13H2,1-5H3/b24-22-. The molecule has 1 aliphatic rings. The van der Waals surface area contributed by atoms with Crippen molar-refractivity contribution in [2.75, 3.05) is 40.9 Å². The lowest BCUT2D eigenvalue weighted by Crippen LogP contribution is -2.35. The molecule has 2 aromatic carbocycles. The highest BCUT2D eigenvalue weighted by Gasteiger charge is 2.46. The molecule has 0 aliphatic carbocycles. The maximum atomic E-state index is 13.2. The number of methoxy groups -OCH3 is 1. The Kier molecular flexibility index (Phi) is 8.14. The van der Waals surface area contributed by atoms with Gasteiger partial charge in [0, 0.05) is 25.6 Å². The fourth-order valence-electron chi connectivity index (χ4n) is 3.92. The molecule has 9 heteroatoms. The van der Waals surface area contributed by atoms with Gasteiger partial charge in [0.05, 0.1) is 25.3 Å². The summed E-state index contributed by atoms with van der Waals surface area (Å²) in [5, 5.41) is 11.2. The van der Waals surface area contributed by atoms with Crippen molar-refractivity contribution in [3.8, 4) is 17.2 Å². The summed E-state index contributed by atoms with van der Waals surface area (Å²) in [5.41, 5.74) is 0.782. The number of Topliss-reactive ketones (excluding diaryl/α,β-unsaturated/α-hetero) is 1. The molecule has 35 heavy (non-hydrogen) atoms. The van der Waals surface area contributed by atoms with Crippen LogP contribution in [0.25, 0.3) is 5.76 Å². The SMILES string of the molecule is CCOc1cccc(/C(O)=C2/C(=O)C(=O)N(CCN(C)C)C2c2ccc(OC)c(OC(C)=O)c2)c1. The zero-order chi connectivity index (χ0) is 25.7. The number of benzene rings is 2. The summed E-state index contributed by atoms with van der Waals surface area (Å²) in [4.78, 5) is 41.2. The maximum absolute atomic E-state index is 13.2. The fraction of sp³-hybridized carbons (Fsp3) is 0.346. The molecule has 1 fully saturated rings. The van der Waals surface area contributed by atoms with Crippen LogP contribution >= 0.6 is 0 Å². The Morgan fingerprint density at radius 2 is 1.86 bits per heavy atom. The maximum Gasteiger partial charge on any atom is 0.308 e. The van der Waals surface area contributed by atoms with E-state index >= 15 is 0 Å². The molecule has 1 unspecified atom stereocenters. The Balaban J connectivity index is 2.19. The third kappa shape index (κ3) is 5.63. The lowest BCUT2D eigenvalue weighted by Gasteiger charge is -2.27. The third-order valence-corrected chi connectivity index (χ3v) is 5.50. The summed E-state index contributed by atoms with van der Waals surface area (Å²) < 4.78 is 16.1. The van der Waals surface area contributed by atoms with E-state index in [1.54, 1.807) is 42.5 Å². The lowest BCUT2D eigenvalue weighted by atomic mass is 9.95. The Bertz CT molecular complexity index is 1160. The summed E-state index contributed by atoms with van der Waals surface area (Å²) in [6.07, 6.45) is 0. The van der Waals surface area contributed by atoms with Gasteiger partial charge in [0.25, 0.3) is 11.7 Å². The first-order valence-electron chi connectivity index (χ1n) is 11.2. The zero-order valence-corrected chi connectivity index (χ0v) is 20.5. The smallest absolute Gasteiger partial charge is 0.308 e.